The first kappa shape index (κ1) is 17.2. The third-order valence-electron chi connectivity index (χ3n) is 3.10. The molecule has 1 unspecified atom stereocenters. The maximum atomic E-state index is 12.1. The predicted octanol–water partition coefficient (Wildman–Crippen LogP) is 3.95. The molecule has 0 aliphatic rings. The van der Waals surface area contributed by atoms with Crippen molar-refractivity contribution in [2.45, 2.75) is 20.0 Å². The minimum atomic E-state index is -0.828. The number of pyridine rings is 1. The zero-order chi connectivity index (χ0) is 16.8. The van der Waals surface area contributed by atoms with E-state index >= 15 is 0 Å². The summed E-state index contributed by atoms with van der Waals surface area (Å²) in [6.45, 7) is 7.30. The van der Waals surface area contributed by atoms with E-state index in [0.29, 0.717) is 16.3 Å². The SMILES string of the molecule is C=CCOOC(=O)C(Oc1ccc(Cl)c2cccnc12)C(C)C. The van der Waals surface area contributed by atoms with Gasteiger partial charge in [-0.3, -0.25) is 9.87 Å². The lowest BCUT2D eigenvalue weighted by Gasteiger charge is -2.20. The Hall–Kier alpha value is -2.11. The molecule has 2 aromatic rings. The van der Waals surface area contributed by atoms with E-state index in [0.717, 1.165) is 5.39 Å². The van der Waals surface area contributed by atoms with Gasteiger partial charge in [0.15, 0.2) is 0 Å². The number of ether oxygens (including phenoxy) is 1. The maximum Gasteiger partial charge on any atom is 0.382 e. The average molecular weight is 336 g/mol. The number of benzene rings is 1. The van der Waals surface area contributed by atoms with Crippen LogP contribution in [0.25, 0.3) is 10.9 Å². The maximum absolute atomic E-state index is 12.1. The first-order chi connectivity index (χ1) is 11.0. The van der Waals surface area contributed by atoms with Crippen molar-refractivity contribution in [1.82, 2.24) is 4.98 Å². The molecule has 23 heavy (non-hydrogen) atoms. The van der Waals surface area contributed by atoms with Crippen LogP contribution in [0.5, 0.6) is 5.75 Å². The number of fused-ring (bicyclic) bond motifs is 1. The molecule has 0 N–H and O–H groups in total. The number of carbonyl (C=O) groups excluding carboxylic acids is 1. The molecule has 2 rings (SSSR count). The summed E-state index contributed by atoms with van der Waals surface area (Å²) in [6.07, 6.45) is 2.29. The lowest BCUT2D eigenvalue weighted by Crippen LogP contribution is -2.34. The van der Waals surface area contributed by atoms with E-state index in [1.54, 1.807) is 24.4 Å². The van der Waals surface area contributed by atoms with Crippen molar-refractivity contribution in [1.29, 1.82) is 0 Å². The number of carbonyl (C=O) groups is 1. The minimum absolute atomic E-state index is 0.113. The van der Waals surface area contributed by atoms with Crippen LogP contribution in [0, 0.1) is 5.92 Å². The molecule has 1 aromatic heterocycles. The van der Waals surface area contributed by atoms with Crippen molar-refractivity contribution in [3.05, 3.63) is 48.1 Å². The second-order valence-corrected chi connectivity index (χ2v) is 5.61. The van der Waals surface area contributed by atoms with Crippen molar-refractivity contribution in [3.8, 4) is 5.75 Å². The second kappa shape index (κ2) is 7.94. The molecule has 122 valence electrons. The van der Waals surface area contributed by atoms with Crippen molar-refractivity contribution in [3.63, 3.8) is 0 Å². The van der Waals surface area contributed by atoms with Gasteiger partial charge in [-0.05, 0) is 24.3 Å². The van der Waals surface area contributed by atoms with Gasteiger partial charge in [-0.2, -0.15) is 4.89 Å². The Morgan fingerprint density at radius 1 is 1.39 bits per heavy atom. The summed E-state index contributed by atoms with van der Waals surface area (Å²) in [6, 6.07) is 7.02. The Labute approximate surface area is 139 Å². The quantitative estimate of drug-likeness (QED) is 0.332. The van der Waals surface area contributed by atoms with Gasteiger partial charge in [0.2, 0.25) is 6.10 Å². The van der Waals surface area contributed by atoms with E-state index in [9.17, 15) is 4.79 Å². The normalized spacial score (nSPS) is 12.2. The summed E-state index contributed by atoms with van der Waals surface area (Å²) in [7, 11) is 0. The lowest BCUT2D eigenvalue weighted by atomic mass is 10.1. The van der Waals surface area contributed by atoms with Crippen LogP contribution in [0.15, 0.2) is 43.1 Å². The Kier molecular flexibility index (Phi) is 5.96. The number of aromatic nitrogens is 1. The highest BCUT2D eigenvalue weighted by Crippen LogP contribution is 2.31. The van der Waals surface area contributed by atoms with Gasteiger partial charge in [0.05, 0.1) is 5.02 Å². The predicted molar refractivity (Wildman–Crippen MR) is 88.2 cm³/mol. The van der Waals surface area contributed by atoms with E-state index < -0.39 is 12.1 Å². The molecule has 6 heteroatoms. The number of rotatable bonds is 7. The monoisotopic (exact) mass is 335 g/mol. The van der Waals surface area contributed by atoms with Crippen molar-refractivity contribution >= 4 is 28.5 Å². The number of hydrogen-bond acceptors (Lipinski definition) is 5. The van der Waals surface area contributed by atoms with Crippen LogP contribution in [0.4, 0.5) is 0 Å². The highest BCUT2D eigenvalue weighted by atomic mass is 35.5. The molecule has 0 fully saturated rings. The fourth-order valence-corrected chi connectivity index (χ4v) is 2.20. The second-order valence-electron chi connectivity index (χ2n) is 5.20. The number of nitrogens with zero attached hydrogens (tertiary/aromatic N) is 1. The minimum Gasteiger partial charge on any atom is -0.476 e. The summed E-state index contributed by atoms with van der Waals surface area (Å²) in [4.78, 5) is 25.9. The van der Waals surface area contributed by atoms with Crippen LogP contribution in [0.1, 0.15) is 13.8 Å². The van der Waals surface area contributed by atoms with E-state index in [2.05, 4.69) is 11.6 Å². The summed E-state index contributed by atoms with van der Waals surface area (Å²) >= 11 is 6.16. The highest BCUT2D eigenvalue weighted by Gasteiger charge is 2.28. The molecule has 1 aromatic carbocycles. The van der Waals surface area contributed by atoms with Crippen LogP contribution in [0.3, 0.4) is 0 Å². The van der Waals surface area contributed by atoms with Gasteiger partial charge >= 0.3 is 5.97 Å². The van der Waals surface area contributed by atoms with Crippen LogP contribution in [0.2, 0.25) is 5.02 Å². The van der Waals surface area contributed by atoms with Gasteiger partial charge in [-0.1, -0.05) is 31.5 Å². The zero-order valence-electron chi connectivity index (χ0n) is 13.0. The lowest BCUT2D eigenvalue weighted by molar-refractivity contribution is -0.272. The van der Waals surface area contributed by atoms with Crippen molar-refractivity contribution in [2.24, 2.45) is 5.92 Å². The van der Waals surface area contributed by atoms with Crippen LogP contribution in [-0.2, 0) is 14.6 Å². The first-order valence-electron chi connectivity index (χ1n) is 7.18. The van der Waals surface area contributed by atoms with Crippen molar-refractivity contribution < 1.29 is 19.3 Å². The number of hydrogen-bond donors (Lipinski definition) is 0. The molecule has 0 aliphatic carbocycles. The summed E-state index contributed by atoms with van der Waals surface area (Å²) in [5, 5.41) is 1.32. The molecule has 5 nitrogen and oxygen atoms in total. The fraction of sp³-hybridized carbons (Fsp3) is 0.294. The molecule has 0 saturated carbocycles. The molecule has 0 aliphatic heterocycles. The first-order valence-corrected chi connectivity index (χ1v) is 7.56. The summed E-state index contributed by atoms with van der Waals surface area (Å²) in [5.74, 6) is -0.269. The third kappa shape index (κ3) is 4.21. The zero-order valence-corrected chi connectivity index (χ0v) is 13.7. The fourth-order valence-electron chi connectivity index (χ4n) is 1.99. The summed E-state index contributed by atoms with van der Waals surface area (Å²) in [5.41, 5.74) is 0.588. The standard InChI is InChI=1S/C17H18ClNO4/c1-4-10-21-23-17(20)16(11(2)3)22-14-8-7-13(18)12-6-5-9-19-15(12)14/h4-9,11,16H,1,10H2,2-3H3. The average Bonchev–Trinajstić information content (AvgIpc) is 2.54. The Morgan fingerprint density at radius 3 is 2.87 bits per heavy atom. The molecule has 1 heterocycles. The van der Waals surface area contributed by atoms with Crippen LogP contribution >= 0.6 is 11.6 Å². The number of halogens is 1. The molecule has 0 amide bonds. The van der Waals surface area contributed by atoms with Gasteiger partial charge in [0.1, 0.15) is 17.9 Å². The van der Waals surface area contributed by atoms with E-state index in [1.807, 2.05) is 19.9 Å². The van der Waals surface area contributed by atoms with Gasteiger partial charge in [0, 0.05) is 17.5 Å². The van der Waals surface area contributed by atoms with Crippen molar-refractivity contribution in [2.75, 3.05) is 6.61 Å². The van der Waals surface area contributed by atoms with E-state index in [4.69, 9.17) is 26.1 Å². The Balaban J connectivity index is 2.25. The van der Waals surface area contributed by atoms with Crippen LogP contribution in [-0.4, -0.2) is 23.7 Å². The smallest absolute Gasteiger partial charge is 0.382 e. The molecule has 0 spiro atoms. The molecule has 0 bridgehead atoms. The van der Waals surface area contributed by atoms with Crippen LogP contribution < -0.4 is 4.74 Å². The van der Waals surface area contributed by atoms with Gasteiger partial charge in [0.25, 0.3) is 0 Å². The highest BCUT2D eigenvalue weighted by molar-refractivity contribution is 6.35. The van der Waals surface area contributed by atoms with E-state index in [-0.39, 0.29) is 12.5 Å². The molecule has 0 saturated heterocycles. The molecule has 1 atom stereocenters. The summed E-state index contributed by atoms with van der Waals surface area (Å²) < 4.78 is 5.84. The topological polar surface area (TPSA) is 57.7 Å². The van der Waals surface area contributed by atoms with Gasteiger partial charge in [-0.25, -0.2) is 4.79 Å². The Bertz CT molecular complexity index is 702. The van der Waals surface area contributed by atoms with Gasteiger partial charge in [-0.15, -0.1) is 6.58 Å². The molecule has 0 radical (unpaired) electrons. The van der Waals surface area contributed by atoms with E-state index in [1.165, 1.54) is 6.08 Å². The largest absolute Gasteiger partial charge is 0.476 e. The molecular formula is C17H18ClNO4. The molecular weight excluding hydrogens is 318 g/mol. The Morgan fingerprint density at radius 2 is 2.17 bits per heavy atom. The third-order valence-corrected chi connectivity index (χ3v) is 3.43. The van der Waals surface area contributed by atoms with Gasteiger partial charge < -0.3 is 4.74 Å².